The number of carboxylic acids is 1. The van der Waals surface area contributed by atoms with Crippen LogP contribution in [0, 0.1) is 0 Å². The van der Waals surface area contributed by atoms with Crippen molar-refractivity contribution in [2.75, 3.05) is 13.6 Å². The molecule has 6 heteroatoms. The van der Waals surface area contributed by atoms with Crippen molar-refractivity contribution >= 4 is 37.8 Å². The lowest BCUT2D eigenvalue weighted by Gasteiger charge is -2.15. The first-order valence-electron chi connectivity index (χ1n) is 4.69. The van der Waals surface area contributed by atoms with Gasteiger partial charge in [0.2, 0.25) is 0 Å². The van der Waals surface area contributed by atoms with Crippen molar-refractivity contribution in [3.8, 4) is 0 Å². The molecule has 0 aromatic carbocycles. The lowest BCUT2D eigenvalue weighted by Crippen LogP contribution is -2.22. The minimum Gasteiger partial charge on any atom is -0.481 e. The molecule has 1 heterocycles. The molecular weight excluding hydrogens is 340 g/mol. The molecule has 16 heavy (non-hydrogen) atoms. The van der Waals surface area contributed by atoms with Gasteiger partial charge in [-0.05, 0) is 45.0 Å². The highest BCUT2D eigenvalue weighted by atomic mass is 79.9. The summed E-state index contributed by atoms with van der Waals surface area (Å²) in [5.41, 5.74) is 0.899. The van der Waals surface area contributed by atoms with Crippen molar-refractivity contribution in [1.29, 1.82) is 0 Å². The van der Waals surface area contributed by atoms with E-state index in [1.165, 1.54) is 0 Å². The van der Waals surface area contributed by atoms with Gasteiger partial charge in [-0.2, -0.15) is 0 Å². The molecule has 88 valence electrons. The average molecular weight is 352 g/mol. The number of nitrogens with zero attached hydrogens (tertiary/aromatic N) is 2. The molecule has 0 amide bonds. The van der Waals surface area contributed by atoms with Gasteiger partial charge in [-0.1, -0.05) is 0 Å². The molecule has 0 spiro atoms. The maximum atomic E-state index is 10.4. The van der Waals surface area contributed by atoms with Crippen LogP contribution in [-0.2, 0) is 11.3 Å². The van der Waals surface area contributed by atoms with Crippen LogP contribution in [-0.4, -0.2) is 34.6 Å². The third kappa shape index (κ3) is 4.59. The number of aliphatic carboxylic acids is 1. The molecule has 0 saturated heterocycles. The number of hydrogen-bond acceptors (Lipinski definition) is 3. The van der Waals surface area contributed by atoms with Gasteiger partial charge in [0.25, 0.3) is 0 Å². The minimum absolute atomic E-state index is 0.143. The predicted octanol–water partition coefficient (Wildman–Crippen LogP) is 2.51. The Labute approximate surface area is 111 Å². The first kappa shape index (κ1) is 13.6. The summed E-state index contributed by atoms with van der Waals surface area (Å²) in [6.45, 7) is 1.14. The Morgan fingerprint density at radius 2 is 2.25 bits per heavy atom. The third-order valence-electron chi connectivity index (χ3n) is 2.01. The van der Waals surface area contributed by atoms with E-state index in [1.807, 2.05) is 18.0 Å². The van der Waals surface area contributed by atoms with Crippen LogP contribution in [0.3, 0.4) is 0 Å². The fourth-order valence-electron chi connectivity index (χ4n) is 1.18. The van der Waals surface area contributed by atoms with E-state index in [9.17, 15) is 4.79 Å². The highest BCUT2D eigenvalue weighted by Crippen LogP contribution is 2.20. The summed E-state index contributed by atoms with van der Waals surface area (Å²) in [7, 11) is 1.87. The number of carboxylic acid groups (broad SMARTS) is 1. The highest BCUT2D eigenvalue weighted by Gasteiger charge is 2.07. The largest absolute Gasteiger partial charge is 0.481 e. The third-order valence-corrected chi connectivity index (χ3v) is 3.13. The fraction of sp³-hybridized carbons (Fsp3) is 0.400. The standard InChI is InChI=1S/C10H12Br2N2O2/c1-14(3-2-10(15)16)6-9-8(12)4-7(11)5-13-9/h4-5H,2-3,6H2,1H3,(H,15,16). The van der Waals surface area contributed by atoms with E-state index in [4.69, 9.17) is 5.11 Å². The van der Waals surface area contributed by atoms with Crippen molar-refractivity contribution in [2.45, 2.75) is 13.0 Å². The van der Waals surface area contributed by atoms with Crippen LogP contribution in [0.5, 0.6) is 0 Å². The molecular formula is C10H12Br2N2O2. The molecule has 0 aliphatic carbocycles. The van der Waals surface area contributed by atoms with Crippen LogP contribution < -0.4 is 0 Å². The molecule has 0 bridgehead atoms. The zero-order valence-electron chi connectivity index (χ0n) is 8.78. The Bertz CT molecular complexity index is 385. The SMILES string of the molecule is CN(CCC(=O)O)Cc1ncc(Br)cc1Br. The van der Waals surface area contributed by atoms with Gasteiger partial charge >= 0.3 is 5.97 Å². The van der Waals surface area contributed by atoms with Crippen LogP contribution in [0.1, 0.15) is 12.1 Å². The van der Waals surface area contributed by atoms with Gasteiger partial charge in [-0.25, -0.2) is 0 Å². The predicted molar refractivity (Wildman–Crippen MR) is 68.2 cm³/mol. The number of aromatic nitrogens is 1. The number of carbonyl (C=O) groups is 1. The van der Waals surface area contributed by atoms with Gasteiger partial charge < -0.3 is 5.11 Å². The van der Waals surface area contributed by atoms with Crippen LogP contribution in [0.15, 0.2) is 21.2 Å². The number of hydrogen-bond donors (Lipinski definition) is 1. The van der Waals surface area contributed by atoms with Crippen molar-refractivity contribution in [2.24, 2.45) is 0 Å². The number of pyridine rings is 1. The van der Waals surface area contributed by atoms with Crippen molar-refractivity contribution in [3.63, 3.8) is 0 Å². The molecule has 1 rings (SSSR count). The Kier molecular flexibility index (Phi) is 5.37. The molecule has 0 saturated carbocycles. The Morgan fingerprint density at radius 3 is 2.81 bits per heavy atom. The van der Waals surface area contributed by atoms with Crippen LogP contribution >= 0.6 is 31.9 Å². The zero-order chi connectivity index (χ0) is 12.1. The summed E-state index contributed by atoms with van der Waals surface area (Å²) in [4.78, 5) is 16.6. The van der Waals surface area contributed by atoms with E-state index >= 15 is 0 Å². The monoisotopic (exact) mass is 350 g/mol. The average Bonchev–Trinajstić information content (AvgIpc) is 2.19. The van der Waals surface area contributed by atoms with Gasteiger partial charge in [0.05, 0.1) is 12.1 Å². The maximum absolute atomic E-state index is 10.4. The number of halogens is 2. The van der Waals surface area contributed by atoms with Crippen molar-refractivity contribution in [1.82, 2.24) is 9.88 Å². The van der Waals surface area contributed by atoms with E-state index < -0.39 is 5.97 Å². The second-order valence-electron chi connectivity index (χ2n) is 3.46. The van der Waals surface area contributed by atoms with Crippen molar-refractivity contribution < 1.29 is 9.90 Å². The van der Waals surface area contributed by atoms with E-state index in [2.05, 4.69) is 36.8 Å². The topological polar surface area (TPSA) is 53.4 Å². The van der Waals surface area contributed by atoms with Crippen molar-refractivity contribution in [3.05, 3.63) is 26.9 Å². The van der Waals surface area contributed by atoms with E-state index in [1.54, 1.807) is 6.20 Å². The number of rotatable bonds is 5. The fourth-order valence-corrected chi connectivity index (χ4v) is 2.29. The zero-order valence-corrected chi connectivity index (χ0v) is 12.0. The summed E-state index contributed by atoms with van der Waals surface area (Å²) in [6, 6.07) is 1.92. The van der Waals surface area contributed by atoms with Crippen LogP contribution in [0.2, 0.25) is 0 Å². The van der Waals surface area contributed by atoms with E-state index in [0.717, 1.165) is 14.6 Å². The molecule has 0 atom stereocenters. The first-order chi connectivity index (χ1) is 7.49. The second kappa shape index (κ2) is 6.32. The molecule has 4 nitrogen and oxygen atoms in total. The van der Waals surface area contributed by atoms with E-state index in [-0.39, 0.29) is 6.42 Å². The summed E-state index contributed by atoms with van der Waals surface area (Å²) in [6.07, 6.45) is 1.87. The molecule has 1 aromatic rings. The highest BCUT2D eigenvalue weighted by molar-refractivity contribution is 9.11. The molecule has 0 aliphatic heterocycles. The van der Waals surface area contributed by atoms with Gasteiger partial charge in [0.15, 0.2) is 0 Å². The van der Waals surface area contributed by atoms with Gasteiger partial charge in [0, 0.05) is 28.2 Å². The molecule has 0 radical (unpaired) electrons. The van der Waals surface area contributed by atoms with Gasteiger partial charge in [-0.15, -0.1) is 0 Å². The summed E-state index contributed by atoms with van der Waals surface area (Å²) in [5.74, 6) is -0.783. The molecule has 1 N–H and O–H groups in total. The second-order valence-corrected chi connectivity index (χ2v) is 5.23. The first-order valence-corrected chi connectivity index (χ1v) is 6.28. The Hall–Kier alpha value is -0.460. The molecule has 0 aliphatic rings. The van der Waals surface area contributed by atoms with Crippen LogP contribution in [0.4, 0.5) is 0 Å². The molecule has 0 fully saturated rings. The Balaban J connectivity index is 2.55. The van der Waals surface area contributed by atoms with Gasteiger partial charge in [0.1, 0.15) is 0 Å². The quantitative estimate of drug-likeness (QED) is 0.885. The lowest BCUT2D eigenvalue weighted by atomic mass is 10.3. The van der Waals surface area contributed by atoms with E-state index in [0.29, 0.717) is 13.1 Å². The minimum atomic E-state index is -0.783. The summed E-state index contributed by atoms with van der Waals surface area (Å²) in [5, 5.41) is 8.56. The molecule has 0 unspecified atom stereocenters. The Morgan fingerprint density at radius 1 is 1.56 bits per heavy atom. The maximum Gasteiger partial charge on any atom is 0.304 e. The summed E-state index contributed by atoms with van der Waals surface area (Å²) >= 11 is 6.75. The lowest BCUT2D eigenvalue weighted by molar-refractivity contribution is -0.137. The molecule has 1 aromatic heterocycles. The normalized spacial score (nSPS) is 10.8. The summed E-state index contributed by atoms with van der Waals surface area (Å²) < 4.78 is 1.83. The van der Waals surface area contributed by atoms with Gasteiger partial charge in [-0.3, -0.25) is 14.7 Å². The smallest absolute Gasteiger partial charge is 0.304 e. The van der Waals surface area contributed by atoms with Crippen LogP contribution in [0.25, 0.3) is 0 Å².